The summed E-state index contributed by atoms with van der Waals surface area (Å²) in [6, 6.07) is 0. The van der Waals surface area contributed by atoms with Gasteiger partial charge in [-0.05, 0) is 12.5 Å². The van der Waals surface area contributed by atoms with E-state index in [0.29, 0.717) is 13.2 Å². The third-order valence-electron chi connectivity index (χ3n) is 2.95. The Kier molecular flexibility index (Phi) is 2.69. The van der Waals surface area contributed by atoms with E-state index in [4.69, 9.17) is 21.1 Å². The second-order valence-corrected chi connectivity index (χ2v) is 4.39. The Bertz CT molecular complexity index is 266. The third kappa shape index (κ3) is 1.88. The van der Waals surface area contributed by atoms with Crippen molar-refractivity contribution in [3.05, 3.63) is 23.8 Å². The number of ether oxygens (including phenoxy) is 2. The van der Waals surface area contributed by atoms with Crippen molar-refractivity contribution in [3.63, 3.8) is 0 Å². The third-order valence-corrected chi connectivity index (χ3v) is 3.08. The summed E-state index contributed by atoms with van der Waals surface area (Å²) in [5.74, 6) is -0.431. The van der Waals surface area contributed by atoms with Crippen molar-refractivity contribution in [1.29, 1.82) is 0 Å². The fraction of sp³-hybridized carbons (Fsp3) is 0.636. The molecule has 1 aliphatic heterocycles. The van der Waals surface area contributed by atoms with Gasteiger partial charge in [0, 0.05) is 17.4 Å². The molecule has 0 N–H and O–H groups in total. The van der Waals surface area contributed by atoms with E-state index in [0.717, 1.165) is 12.8 Å². The van der Waals surface area contributed by atoms with Gasteiger partial charge in [0.2, 0.25) is 0 Å². The average molecular weight is 215 g/mol. The molecule has 0 saturated carbocycles. The Labute approximate surface area is 89.5 Å². The fourth-order valence-electron chi connectivity index (χ4n) is 1.92. The maximum Gasteiger partial charge on any atom is 0.188 e. The van der Waals surface area contributed by atoms with Crippen LogP contribution in [0, 0.1) is 5.41 Å². The van der Waals surface area contributed by atoms with E-state index in [1.807, 2.05) is 12.2 Å². The molecule has 2 rings (SSSR count). The van der Waals surface area contributed by atoms with Gasteiger partial charge < -0.3 is 9.47 Å². The molecule has 2 nitrogen and oxygen atoms in total. The first-order chi connectivity index (χ1) is 6.68. The highest BCUT2D eigenvalue weighted by atomic mass is 35.5. The van der Waals surface area contributed by atoms with Crippen molar-refractivity contribution in [2.24, 2.45) is 5.41 Å². The highest BCUT2D eigenvalue weighted by molar-refractivity contribution is 6.25. The van der Waals surface area contributed by atoms with Crippen LogP contribution in [0.15, 0.2) is 23.8 Å². The Hall–Kier alpha value is -0.310. The molecule has 14 heavy (non-hydrogen) atoms. The molecule has 1 fully saturated rings. The van der Waals surface area contributed by atoms with Crippen LogP contribution in [-0.4, -0.2) is 19.0 Å². The highest BCUT2D eigenvalue weighted by Gasteiger charge is 2.39. The summed E-state index contributed by atoms with van der Waals surface area (Å²) in [6.07, 6.45) is 8.07. The minimum Gasteiger partial charge on any atom is -0.344 e. The lowest BCUT2D eigenvalue weighted by atomic mass is 9.79. The van der Waals surface area contributed by atoms with Crippen molar-refractivity contribution >= 4 is 11.6 Å². The van der Waals surface area contributed by atoms with E-state index < -0.39 is 5.79 Å². The van der Waals surface area contributed by atoms with E-state index in [9.17, 15) is 0 Å². The molecule has 0 aromatic rings. The van der Waals surface area contributed by atoms with Gasteiger partial charge in [0.25, 0.3) is 0 Å². The van der Waals surface area contributed by atoms with E-state index in [2.05, 4.69) is 13.0 Å². The monoisotopic (exact) mass is 214 g/mol. The smallest absolute Gasteiger partial charge is 0.188 e. The number of allylic oxidation sites excluding steroid dienone is 2. The molecule has 3 heteroatoms. The van der Waals surface area contributed by atoms with Gasteiger partial charge in [0.15, 0.2) is 5.79 Å². The van der Waals surface area contributed by atoms with Crippen molar-refractivity contribution in [1.82, 2.24) is 0 Å². The van der Waals surface area contributed by atoms with Crippen LogP contribution in [0.1, 0.15) is 19.8 Å². The standard InChI is InChI=1S/C11H15ClO2/c1-10(6-7-12)2-4-11(5-3-10)13-8-9-14-11/h2,4,6-7H,3,5,8-9H2,1H3/b7-6+. The van der Waals surface area contributed by atoms with Crippen LogP contribution >= 0.6 is 11.6 Å². The SMILES string of the molecule is CC1(/C=C/Cl)C=CC2(CC1)OCCO2. The molecular weight excluding hydrogens is 200 g/mol. The quantitative estimate of drug-likeness (QED) is 0.625. The largest absolute Gasteiger partial charge is 0.344 e. The summed E-state index contributed by atoms with van der Waals surface area (Å²) >= 11 is 5.60. The molecule has 78 valence electrons. The van der Waals surface area contributed by atoms with Crippen LogP contribution in [0.2, 0.25) is 0 Å². The van der Waals surface area contributed by atoms with Crippen molar-refractivity contribution < 1.29 is 9.47 Å². The zero-order chi connectivity index (χ0) is 10.1. The summed E-state index contributed by atoms with van der Waals surface area (Å²) in [4.78, 5) is 0. The van der Waals surface area contributed by atoms with Gasteiger partial charge in [0.1, 0.15) is 0 Å². The lowest BCUT2D eigenvalue weighted by molar-refractivity contribution is -0.129. The van der Waals surface area contributed by atoms with Crippen LogP contribution < -0.4 is 0 Å². The summed E-state index contributed by atoms with van der Waals surface area (Å²) in [6.45, 7) is 3.56. The number of rotatable bonds is 1. The topological polar surface area (TPSA) is 18.5 Å². The minimum absolute atomic E-state index is 0.0578. The molecule has 1 heterocycles. The Balaban J connectivity index is 2.12. The summed E-state index contributed by atoms with van der Waals surface area (Å²) < 4.78 is 11.2. The van der Waals surface area contributed by atoms with E-state index in [1.54, 1.807) is 5.54 Å². The predicted octanol–water partition coefficient (Wildman–Crippen LogP) is 2.84. The minimum atomic E-state index is -0.431. The molecule has 1 atom stereocenters. The molecule has 1 aliphatic carbocycles. The molecule has 0 aromatic heterocycles. The fourth-order valence-corrected chi connectivity index (χ4v) is 2.21. The maximum atomic E-state index is 5.60. The van der Waals surface area contributed by atoms with Crippen molar-refractivity contribution in [2.75, 3.05) is 13.2 Å². The van der Waals surface area contributed by atoms with E-state index in [1.165, 1.54) is 0 Å². The molecule has 1 saturated heterocycles. The van der Waals surface area contributed by atoms with E-state index in [-0.39, 0.29) is 5.41 Å². The molecule has 0 bridgehead atoms. The van der Waals surface area contributed by atoms with Crippen molar-refractivity contribution in [3.8, 4) is 0 Å². The highest BCUT2D eigenvalue weighted by Crippen LogP contribution is 2.40. The summed E-state index contributed by atoms with van der Waals surface area (Å²) in [5, 5.41) is 0. The van der Waals surface area contributed by atoms with Gasteiger partial charge in [-0.15, -0.1) is 0 Å². The van der Waals surface area contributed by atoms with Crippen LogP contribution in [0.4, 0.5) is 0 Å². The van der Waals surface area contributed by atoms with Crippen LogP contribution in [0.5, 0.6) is 0 Å². The Morgan fingerprint density at radius 2 is 1.93 bits per heavy atom. The molecule has 0 amide bonds. The van der Waals surface area contributed by atoms with Gasteiger partial charge in [-0.2, -0.15) is 0 Å². The first-order valence-corrected chi connectivity index (χ1v) is 5.38. The van der Waals surface area contributed by atoms with Gasteiger partial charge in [-0.3, -0.25) is 0 Å². The second-order valence-electron chi connectivity index (χ2n) is 4.14. The normalized spacial score (nSPS) is 35.9. The second kappa shape index (κ2) is 3.69. The summed E-state index contributed by atoms with van der Waals surface area (Å²) in [5.41, 5.74) is 1.64. The lowest BCUT2D eigenvalue weighted by Gasteiger charge is -2.34. The average Bonchev–Trinajstić information content (AvgIpc) is 2.61. The first-order valence-electron chi connectivity index (χ1n) is 4.94. The van der Waals surface area contributed by atoms with Crippen LogP contribution in [-0.2, 0) is 9.47 Å². The van der Waals surface area contributed by atoms with Crippen LogP contribution in [0.25, 0.3) is 0 Å². The van der Waals surface area contributed by atoms with E-state index >= 15 is 0 Å². The number of halogens is 1. The Morgan fingerprint density at radius 1 is 1.21 bits per heavy atom. The molecule has 1 spiro atoms. The van der Waals surface area contributed by atoms with Crippen LogP contribution in [0.3, 0.4) is 0 Å². The Morgan fingerprint density at radius 3 is 2.43 bits per heavy atom. The van der Waals surface area contributed by atoms with Gasteiger partial charge in [-0.25, -0.2) is 0 Å². The number of hydrogen-bond acceptors (Lipinski definition) is 2. The van der Waals surface area contributed by atoms with Gasteiger partial charge in [-0.1, -0.05) is 30.7 Å². The first kappa shape index (κ1) is 10.2. The van der Waals surface area contributed by atoms with Gasteiger partial charge in [0.05, 0.1) is 13.2 Å². The zero-order valence-corrected chi connectivity index (χ0v) is 9.09. The zero-order valence-electron chi connectivity index (χ0n) is 8.33. The van der Waals surface area contributed by atoms with Gasteiger partial charge >= 0.3 is 0 Å². The molecular formula is C11H15ClO2. The molecule has 0 aromatic carbocycles. The molecule has 0 radical (unpaired) electrons. The van der Waals surface area contributed by atoms with Crippen molar-refractivity contribution in [2.45, 2.75) is 25.6 Å². The summed E-state index contributed by atoms with van der Waals surface area (Å²) in [7, 11) is 0. The number of hydrogen-bond donors (Lipinski definition) is 0. The molecule has 1 unspecified atom stereocenters. The lowest BCUT2D eigenvalue weighted by Crippen LogP contribution is -2.33. The predicted molar refractivity (Wildman–Crippen MR) is 56.1 cm³/mol. The maximum absolute atomic E-state index is 5.60. The molecule has 2 aliphatic rings.